The second-order valence-corrected chi connectivity index (χ2v) is 9.17. The van der Waals surface area contributed by atoms with Crippen molar-refractivity contribution in [2.24, 2.45) is 0 Å². The van der Waals surface area contributed by atoms with Gasteiger partial charge in [-0.1, -0.05) is 11.3 Å². The molecule has 0 saturated carbocycles. The topological polar surface area (TPSA) is 121 Å². The highest BCUT2D eigenvalue weighted by molar-refractivity contribution is 7.22. The van der Waals surface area contributed by atoms with Gasteiger partial charge in [0.15, 0.2) is 28.1 Å². The first-order valence-electron chi connectivity index (χ1n) is 11.6. The van der Waals surface area contributed by atoms with Gasteiger partial charge in [-0.05, 0) is 55.0 Å². The molecule has 0 saturated heterocycles. The van der Waals surface area contributed by atoms with Crippen molar-refractivity contribution in [1.29, 1.82) is 0 Å². The van der Waals surface area contributed by atoms with Crippen LogP contribution >= 0.6 is 11.3 Å². The van der Waals surface area contributed by atoms with Gasteiger partial charge in [-0.15, -0.1) is 0 Å². The summed E-state index contributed by atoms with van der Waals surface area (Å²) in [5.74, 6) is -0.496. The van der Waals surface area contributed by atoms with Crippen molar-refractivity contribution in [1.82, 2.24) is 4.98 Å². The fourth-order valence-electron chi connectivity index (χ4n) is 4.40. The number of anilines is 1. The van der Waals surface area contributed by atoms with Crippen molar-refractivity contribution in [3.8, 4) is 23.0 Å². The fourth-order valence-corrected chi connectivity index (χ4v) is 5.42. The smallest absolute Gasteiger partial charge is 0.296 e. The van der Waals surface area contributed by atoms with Crippen LogP contribution < -0.4 is 23.8 Å². The summed E-state index contributed by atoms with van der Waals surface area (Å²) < 4.78 is 28.1. The molecule has 1 aliphatic heterocycles. The minimum absolute atomic E-state index is 0.0238. The number of hydrogen-bond acceptors (Lipinski definition) is 10. The largest absolute Gasteiger partial charge is 0.503 e. The number of nitrogens with zero attached hydrogens (tertiary/aromatic N) is 2. The maximum Gasteiger partial charge on any atom is 0.296 e. The molecule has 0 fully saturated rings. The van der Waals surface area contributed by atoms with E-state index in [0.29, 0.717) is 40.7 Å². The third-order valence-electron chi connectivity index (χ3n) is 6.07. The number of thiazole rings is 1. The average Bonchev–Trinajstić information content (AvgIpc) is 3.66. The molecule has 11 heteroatoms. The lowest BCUT2D eigenvalue weighted by molar-refractivity contribution is -0.117. The number of aliphatic hydroxyl groups is 1. The molecule has 2 aromatic carbocycles. The Morgan fingerprint density at radius 3 is 2.45 bits per heavy atom. The summed E-state index contributed by atoms with van der Waals surface area (Å²) >= 11 is 1.23. The second kappa shape index (κ2) is 10.1. The van der Waals surface area contributed by atoms with Crippen molar-refractivity contribution in [2.45, 2.75) is 13.0 Å². The van der Waals surface area contributed by atoms with Gasteiger partial charge in [0.1, 0.15) is 5.75 Å². The van der Waals surface area contributed by atoms with Crippen LogP contribution in [0.25, 0.3) is 10.2 Å². The molecular weight excluding hydrogens is 512 g/mol. The quantitative estimate of drug-likeness (QED) is 0.291. The first kappa shape index (κ1) is 25.2. The van der Waals surface area contributed by atoms with Crippen LogP contribution in [-0.4, -0.2) is 49.7 Å². The van der Waals surface area contributed by atoms with Crippen LogP contribution in [0.4, 0.5) is 5.13 Å². The summed E-state index contributed by atoms with van der Waals surface area (Å²) in [5, 5.41) is 11.3. The van der Waals surface area contributed by atoms with Gasteiger partial charge in [-0.25, -0.2) is 4.98 Å². The Balaban J connectivity index is 1.71. The van der Waals surface area contributed by atoms with Crippen molar-refractivity contribution in [3.63, 3.8) is 0 Å². The zero-order valence-electron chi connectivity index (χ0n) is 21.0. The third kappa shape index (κ3) is 4.10. The van der Waals surface area contributed by atoms with Crippen LogP contribution in [0.2, 0.25) is 0 Å². The van der Waals surface area contributed by atoms with Crippen LogP contribution in [0.3, 0.4) is 0 Å². The van der Waals surface area contributed by atoms with Gasteiger partial charge in [0, 0.05) is 0 Å². The third-order valence-corrected chi connectivity index (χ3v) is 7.08. The predicted molar refractivity (Wildman–Crippen MR) is 140 cm³/mol. The van der Waals surface area contributed by atoms with Crippen molar-refractivity contribution < 1.29 is 38.1 Å². The Hall–Kier alpha value is -4.51. The fraction of sp³-hybridized carbons (Fsp3) is 0.222. The SMILES string of the molecule is CCOc1ccc2nc(N3C(=O)C(O)=C(C(=O)c4ccco4)C3c3cc(OC)c(OC)c(OC)c3)sc2c1. The zero-order chi connectivity index (χ0) is 27.0. The van der Waals surface area contributed by atoms with E-state index >= 15 is 0 Å². The molecule has 0 bridgehead atoms. The van der Waals surface area contributed by atoms with Gasteiger partial charge in [-0.3, -0.25) is 14.5 Å². The Kier molecular flexibility index (Phi) is 6.68. The van der Waals surface area contributed by atoms with E-state index in [-0.39, 0.29) is 16.5 Å². The van der Waals surface area contributed by atoms with E-state index in [2.05, 4.69) is 4.98 Å². The van der Waals surface area contributed by atoms with Crippen LogP contribution in [0.1, 0.15) is 29.1 Å². The molecule has 10 nitrogen and oxygen atoms in total. The number of benzene rings is 2. The lowest BCUT2D eigenvalue weighted by atomic mass is 9.94. The van der Waals surface area contributed by atoms with Crippen molar-refractivity contribution in [2.75, 3.05) is 32.8 Å². The molecule has 38 heavy (non-hydrogen) atoms. The lowest BCUT2D eigenvalue weighted by Gasteiger charge is -2.25. The van der Waals surface area contributed by atoms with Crippen LogP contribution in [0.15, 0.2) is 64.5 Å². The van der Waals surface area contributed by atoms with Crippen LogP contribution in [0, 0.1) is 0 Å². The van der Waals surface area contributed by atoms with E-state index in [9.17, 15) is 14.7 Å². The first-order chi connectivity index (χ1) is 18.4. The van der Waals surface area contributed by atoms with Crippen LogP contribution in [0.5, 0.6) is 23.0 Å². The number of fused-ring (bicyclic) bond motifs is 1. The van der Waals surface area contributed by atoms with Crippen molar-refractivity contribution >= 4 is 38.4 Å². The number of ketones is 1. The van der Waals surface area contributed by atoms with Crippen LogP contribution in [-0.2, 0) is 4.79 Å². The molecule has 3 heterocycles. The number of rotatable bonds is 9. The van der Waals surface area contributed by atoms with E-state index in [4.69, 9.17) is 23.4 Å². The summed E-state index contributed by atoms with van der Waals surface area (Å²) in [7, 11) is 4.40. The molecule has 1 unspecified atom stereocenters. The van der Waals surface area contributed by atoms with Gasteiger partial charge < -0.3 is 28.5 Å². The number of methoxy groups -OCH3 is 3. The number of aliphatic hydroxyl groups excluding tert-OH is 1. The monoisotopic (exact) mass is 536 g/mol. The molecule has 0 radical (unpaired) electrons. The summed E-state index contributed by atoms with van der Waals surface area (Å²) in [4.78, 5) is 33.0. The minimum Gasteiger partial charge on any atom is -0.503 e. The van der Waals surface area contributed by atoms with Gasteiger partial charge in [0.2, 0.25) is 11.5 Å². The number of hydrogen-bond donors (Lipinski definition) is 1. The normalized spacial score (nSPS) is 15.3. The van der Waals surface area contributed by atoms with E-state index in [1.165, 1.54) is 49.9 Å². The maximum absolute atomic E-state index is 13.5. The van der Waals surface area contributed by atoms with E-state index in [1.54, 1.807) is 30.3 Å². The number of ether oxygens (including phenoxy) is 4. The number of Topliss-reactive ketones (excluding diaryl/α,β-unsaturated/α-hetero) is 1. The predicted octanol–water partition coefficient (Wildman–Crippen LogP) is 5.10. The summed E-state index contributed by atoms with van der Waals surface area (Å²) in [5.41, 5.74) is 0.907. The van der Waals surface area contributed by atoms with E-state index in [1.807, 2.05) is 13.0 Å². The minimum atomic E-state index is -1.07. The second-order valence-electron chi connectivity index (χ2n) is 8.16. The van der Waals surface area contributed by atoms with E-state index in [0.717, 1.165) is 4.70 Å². The van der Waals surface area contributed by atoms with Gasteiger partial charge in [-0.2, -0.15) is 0 Å². The molecule has 2 aromatic heterocycles. The van der Waals surface area contributed by atoms with Gasteiger partial charge in [0.05, 0.1) is 56.0 Å². The first-order valence-corrected chi connectivity index (χ1v) is 12.4. The number of carbonyl (C=O) groups excluding carboxylic acids is 2. The zero-order valence-corrected chi connectivity index (χ0v) is 21.8. The highest BCUT2D eigenvalue weighted by Crippen LogP contribution is 2.48. The summed E-state index contributed by atoms with van der Waals surface area (Å²) in [6.45, 7) is 2.39. The number of furan rings is 1. The van der Waals surface area contributed by atoms with Crippen molar-refractivity contribution in [3.05, 3.63) is 71.4 Å². The molecule has 4 aromatic rings. The van der Waals surface area contributed by atoms with Gasteiger partial charge in [0.25, 0.3) is 5.91 Å². The number of carbonyl (C=O) groups is 2. The van der Waals surface area contributed by atoms with Gasteiger partial charge >= 0.3 is 0 Å². The number of amides is 1. The molecule has 0 aliphatic carbocycles. The maximum atomic E-state index is 13.5. The molecule has 5 rings (SSSR count). The molecule has 196 valence electrons. The molecule has 1 N–H and O–H groups in total. The Morgan fingerprint density at radius 2 is 1.84 bits per heavy atom. The Morgan fingerprint density at radius 1 is 1.11 bits per heavy atom. The highest BCUT2D eigenvalue weighted by Gasteiger charge is 2.47. The molecule has 1 amide bonds. The molecular formula is C27H24N2O8S. The number of aromatic nitrogens is 1. The van der Waals surface area contributed by atoms with E-state index < -0.39 is 23.5 Å². The Bertz CT molecular complexity index is 1530. The molecule has 1 aliphatic rings. The molecule has 0 spiro atoms. The summed E-state index contributed by atoms with van der Waals surface area (Å²) in [6, 6.07) is 10.6. The summed E-state index contributed by atoms with van der Waals surface area (Å²) in [6.07, 6.45) is 1.34. The standard InChI is InChI=1S/C27H24N2O8S/c1-5-36-15-8-9-16-20(13-15)38-27(28-16)29-22(14-11-18(33-2)25(35-4)19(12-14)34-3)21(24(31)26(29)32)23(30)17-7-6-10-37-17/h6-13,22,31H,5H2,1-4H3. The lowest BCUT2D eigenvalue weighted by Crippen LogP contribution is -2.31. The molecule has 1 atom stereocenters. The highest BCUT2D eigenvalue weighted by atomic mass is 32.1. The average molecular weight is 537 g/mol. The Labute approximate surface area is 221 Å².